The molecule has 0 rings (SSSR count). The summed E-state index contributed by atoms with van der Waals surface area (Å²) in [6, 6.07) is 0. The third-order valence-electron chi connectivity index (χ3n) is 8.01. The molecule has 0 amide bonds. The lowest BCUT2D eigenvalue weighted by Crippen LogP contribution is -2.34. The average molecular weight is 647 g/mol. The highest BCUT2D eigenvalue weighted by molar-refractivity contribution is 5.70. The molecule has 0 heterocycles. The summed E-state index contributed by atoms with van der Waals surface area (Å²) >= 11 is 0. The smallest absolute Gasteiger partial charge is 0.306 e. The standard InChI is InChI=1S/C36H70O9/c1-3-5-7-9-11-13-15-17-19-21-23-25-35(38)43-31-34(30-42-33(32-44-40)29-41-28-27-37)45-36(39)26-24-22-20-18-16-14-12-10-8-6-4-2/h33-34,37,40H,3-32H2,1-2H3. The van der Waals surface area contributed by atoms with E-state index in [0.717, 1.165) is 38.5 Å². The first-order valence-corrected chi connectivity index (χ1v) is 18.5. The van der Waals surface area contributed by atoms with E-state index in [2.05, 4.69) is 18.7 Å². The molecule has 2 unspecified atom stereocenters. The fourth-order valence-electron chi connectivity index (χ4n) is 5.24. The highest BCUT2D eigenvalue weighted by Crippen LogP contribution is 2.14. The molecule has 0 fully saturated rings. The molecule has 0 aliphatic carbocycles. The van der Waals surface area contributed by atoms with Crippen molar-refractivity contribution in [2.45, 2.75) is 180 Å². The van der Waals surface area contributed by atoms with Crippen LogP contribution in [0.2, 0.25) is 0 Å². The summed E-state index contributed by atoms with van der Waals surface area (Å²) in [4.78, 5) is 29.2. The summed E-state index contributed by atoms with van der Waals surface area (Å²) in [5.41, 5.74) is 0. The molecular formula is C36H70O9. The van der Waals surface area contributed by atoms with Crippen molar-refractivity contribution in [1.82, 2.24) is 0 Å². The Morgan fingerprint density at radius 2 is 0.978 bits per heavy atom. The van der Waals surface area contributed by atoms with Crippen LogP contribution in [0.4, 0.5) is 0 Å². The molecule has 0 bridgehead atoms. The van der Waals surface area contributed by atoms with Gasteiger partial charge in [-0.25, -0.2) is 4.89 Å². The summed E-state index contributed by atoms with van der Waals surface area (Å²) in [5.74, 6) is -0.647. The molecule has 0 spiro atoms. The number of aliphatic hydroxyl groups excluding tert-OH is 1. The van der Waals surface area contributed by atoms with Crippen LogP contribution in [0.15, 0.2) is 0 Å². The van der Waals surface area contributed by atoms with Crippen LogP contribution in [0.1, 0.15) is 168 Å². The second-order valence-corrected chi connectivity index (χ2v) is 12.4. The fourth-order valence-corrected chi connectivity index (χ4v) is 5.24. The second kappa shape index (κ2) is 35.6. The van der Waals surface area contributed by atoms with Gasteiger partial charge in [0.05, 0.1) is 26.4 Å². The Balaban J connectivity index is 4.37. The van der Waals surface area contributed by atoms with E-state index >= 15 is 0 Å². The summed E-state index contributed by atoms with van der Waals surface area (Å²) in [7, 11) is 0. The minimum absolute atomic E-state index is 0.0355. The molecule has 0 aromatic rings. The van der Waals surface area contributed by atoms with Crippen LogP contribution >= 0.6 is 0 Å². The van der Waals surface area contributed by atoms with E-state index in [4.69, 9.17) is 29.3 Å². The summed E-state index contributed by atoms with van der Waals surface area (Å²) < 4.78 is 22.1. The summed E-state index contributed by atoms with van der Waals surface area (Å²) in [5, 5.41) is 17.8. The predicted molar refractivity (Wildman–Crippen MR) is 179 cm³/mol. The molecule has 0 saturated heterocycles. The Hall–Kier alpha value is -1.26. The van der Waals surface area contributed by atoms with Crippen molar-refractivity contribution < 1.29 is 43.8 Å². The van der Waals surface area contributed by atoms with E-state index in [9.17, 15) is 9.59 Å². The Kier molecular flexibility index (Phi) is 34.6. The number of hydrogen-bond acceptors (Lipinski definition) is 9. The SMILES string of the molecule is CCCCCCCCCCCCCC(=O)OCC(COC(COO)COCCO)OC(=O)CCCCCCCCCCCCC. The largest absolute Gasteiger partial charge is 0.462 e. The lowest BCUT2D eigenvalue weighted by atomic mass is 10.1. The normalized spacial score (nSPS) is 12.7. The molecule has 9 heteroatoms. The van der Waals surface area contributed by atoms with E-state index in [1.165, 1.54) is 103 Å². The second-order valence-electron chi connectivity index (χ2n) is 12.4. The predicted octanol–water partition coefficient (Wildman–Crippen LogP) is 8.73. The third-order valence-corrected chi connectivity index (χ3v) is 8.01. The number of esters is 2. The van der Waals surface area contributed by atoms with Gasteiger partial charge < -0.3 is 24.1 Å². The maximum absolute atomic E-state index is 12.6. The maximum atomic E-state index is 12.6. The highest BCUT2D eigenvalue weighted by atomic mass is 17.1. The number of ether oxygens (including phenoxy) is 4. The van der Waals surface area contributed by atoms with Gasteiger partial charge in [-0.2, -0.15) is 0 Å². The minimum atomic E-state index is -0.773. The first-order chi connectivity index (χ1) is 22.1. The number of aliphatic hydroxyl groups is 1. The van der Waals surface area contributed by atoms with Gasteiger partial charge in [0.2, 0.25) is 0 Å². The highest BCUT2D eigenvalue weighted by Gasteiger charge is 2.20. The summed E-state index contributed by atoms with van der Waals surface area (Å²) in [6.45, 7) is 4.27. The van der Waals surface area contributed by atoms with Gasteiger partial charge >= 0.3 is 11.9 Å². The van der Waals surface area contributed by atoms with Gasteiger partial charge in [-0.05, 0) is 12.8 Å². The monoisotopic (exact) mass is 647 g/mol. The molecule has 0 aromatic heterocycles. The first kappa shape index (κ1) is 43.7. The lowest BCUT2D eigenvalue weighted by Gasteiger charge is -2.22. The number of unbranched alkanes of at least 4 members (excludes halogenated alkanes) is 20. The molecule has 9 nitrogen and oxygen atoms in total. The van der Waals surface area contributed by atoms with Gasteiger partial charge in [-0.1, -0.05) is 142 Å². The third kappa shape index (κ3) is 32.5. The molecule has 0 saturated carbocycles. The van der Waals surface area contributed by atoms with Crippen molar-refractivity contribution in [1.29, 1.82) is 0 Å². The Morgan fingerprint density at radius 3 is 1.42 bits per heavy atom. The molecule has 0 aromatic carbocycles. The van der Waals surface area contributed by atoms with Crippen molar-refractivity contribution in [3.8, 4) is 0 Å². The van der Waals surface area contributed by atoms with Crippen molar-refractivity contribution in [3.63, 3.8) is 0 Å². The van der Waals surface area contributed by atoms with Crippen LogP contribution < -0.4 is 0 Å². The van der Waals surface area contributed by atoms with Crippen molar-refractivity contribution in [2.75, 3.05) is 39.6 Å². The van der Waals surface area contributed by atoms with Gasteiger partial charge in [0.15, 0.2) is 6.10 Å². The first-order valence-electron chi connectivity index (χ1n) is 18.5. The van der Waals surface area contributed by atoms with Gasteiger partial charge in [0.1, 0.15) is 19.3 Å². The zero-order valence-corrected chi connectivity index (χ0v) is 29.1. The molecule has 0 aliphatic rings. The van der Waals surface area contributed by atoms with Gasteiger partial charge in [-0.15, -0.1) is 0 Å². The summed E-state index contributed by atoms with van der Waals surface area (Å²) in [6.07, 6.45) is 25.8. The quantitative estimate of drug-likeness (QED) is 0.0298. The number of carbonyl (C=O) groups is 2. The lowest BCUT2D eigenvalue weighted by molar-refractivity contribution is -0.265. The van der Waals surface area contributed by atoms with Gasteiger partial charge in [0, 0.05) is 12.8 Å². The van der Waals surface area contributed by atoms with Crippen LogP contribution in [0.5, 0.6) is 0 Å². The molecule has 268 valence electrons. The van der Waals surface area contributed by atoms with E-state index in [-0.39, 0.29) is 51.6 Å². The van der Waals surface area contributed by atoms with E-state index in [1.807, 2.05) is 0 Å². The van der Waals surface area contributed by atoms with Gasteiger partial charge in [0.25, 0.3) is 0 Å². The van der Waals surface area contributed by atoms with Crippen molar-refractivity contribution in [2.24, 2.45) is 0 Å². The Morgan fingerprint density at radius 1 is 0.533 bits per heavy atom. The number of hydrogen-bond donors (Lipinski definition) is 2. The molecule has 2 atom stereocenters. The molecule has 2 N–H and O–H groups in total. The maximum Gasteiger partial charge on any atom is 0.306 e. The van der Waals surface area contributed by atoms with Crippen LogP contribution in [0.25, 0.3) is 0 Å². The topological polar surface area (TPSA) is 121 Å². The van der Waals surface area contributed by atoms with Crippen LogP contribution in [-0.2, 0) is 33.4 Å². The molecule has 45 heavy (non-hydrogen) atoms. The van der Waals surface area contributed by atoms with E-state index < -0.39 is 12.2 Å². The van der Waals surface area contributed by atoms with Crippen molar-refractivity contribution >= 4 is 11.9 Å². The van der Waals surface area contributed by atoms with Crippen LogP contribution in [-0.4, -0.2) is 74.2 Å². The zero-order chi connectivity index (χ0) is 33.1. The van der Waals surface area contributed by atoms with Crippen LogP contribution in [0, 0.1) is 0 Å². The number of carbonyl (C=O) groups excluding carboxylic acids is 2. The Labute approximate surface area is 275 Å². The molecule has 0 radical (unpaired) electrons. The minimum Gasteiger partial charge on any atom is -0.462 e. The van der Waals surface area contributed by atoms with E-state index in [1.54, 1.807) is 0 Å². The van der Waals surface area contributed by atoms with Crippen LogP contribution in [0.3, 0.4) is 0 Å². The molecule has 0 aliphatic heterocycles. The Bertz CT molecular complexity index is 632. The van der Waals surface area contributed by atoms with E-state index in [0.29, 0.717) is 12.8 Å². The van der Waals surface area contributed by atoms with Crippen molar-refractivity contribution in [3.05, 3.63) is 0 Å². The average Bonchev–Trinajstić information content (AvgIpc) is 3.03. The fraction of sp³-hybridized carbons (Fsp3) is 0.944. The molecular weight excluding hydrogens is 576 g/mol. The number of rotatable bonds is 36. The zero-order valence-electron chi connectivity index (χ0n) is 29.1. The van der Waals surface area contributed by atoms with Gasteiger partial charge in [-0.3, -0.25) is 14.8 Å².